The fourth-order valence-electron chi connectivity index (χ4n) is 2.66. The quantitative estimate of drug-likeness (QED) is 0.498. The van der Waals surface area contributed by atoms with Crippen LogP contribution in [-0.2, 0) is 9.53 Å². The Balaban J connectivity index is 2.16. The maximum atomic E-state index is 11.5. The van der Waals surface area contributed by atoms with Crippen molar-refractivity contribution in [2.24, 2.45) is 17.8 Å². The Kier molecular flexibility index (Phi) is 7.39. The second kappa shape index (κ2) is 8.54. The highest BCUT2D eigenvalue weighted by atomic mass is 16.5. The molecule has 112 valence electrons. The molecule has 0 amide bonds. The molecule has 0 aromatic carbocycles. The fourth-order valence-corrected chi connectivity index (χ4v) is 2.66. The zero-order valence-corrected chi connectivity index (χ0v) is 12.2. The normalized spacial score (nSPS) is 24.8. The molecule has 0 aromatic heterocycles. The van der Waals surface area contributed by atoms with Gasteiger partial charge in [-0.25, -0.2) is 0 Å². The van der Waals surface area contributed by atoms with Gasteiger partial charge in [-0.05, 0) is 12.3 Å². The predicted molar refractivity (Wildman–Crippen MR) is 73.6 cm³/mol. The minimum Gasteiger partial charge on any atom is -0.465 e. The minimum atomic E-state index is -0.669. The molecule has 0 spiro atoms. The molecule has 1 aliphatic heterocycles. The molecule has 1 fully saturated rings. The number of hydrogen-bond donors (Lipinski definition) is 2. The molecule has 1 aliphatic rings. The summed E-state index contributed by atoms with van der Waals surface area (Å²) in [4.78, 5) is 11.5. The molecule has 0 aromatic rings. The highest BCUT2D eigenvalue weighted by Crippen LogP contribution is 2.27. The first kappa shape index (κ1) is 16.4. The molecule has 2 N–H and O–H groups in total. The molecule has 1 heterocycles. The van der Waals surface area contributed by atoms with E-state index < -0.39 is 12.0 Å². The van der Waals surface area contributed by atoms with E-state index in [4.69, 9.17) is 9.84 Å². The Morgan fingerprint density at radius 3 is 2.42 bits per heavy atom. The first-order chi connectivity index (χ1) is 9.06. The van der Waals surface area contributed by atoms with Crippen LogP contribution in [0.4, 0.5) is 0 Å². The number of carbonyl (C=O) groups is 1. The molecule has 3 atom stereocenters. The number of cyclic esters (lactones) is 1. The standard InChI is InChI=1S/C15H28O4/c1-11(2)7-5-3-4-6-8-13(17)14-12(9-16)10-19-15(14)18/h11-14,16-17H,3-10H2,1-2H3. The van der Waals surface area contributed by atoms with Crippen LogP contribution in [0.25, 0.3) is 0 Å². The van der Waals surface area contributed by atoms with Crippen molar-refractivity contribution in [2.75, 3.05) is 13.2 Å². The van der Waals surface area contributed by atoms with Crippen molar-refractivity contribution in [1.29, 1.82) is 0 Å². The Bertz CT molecular complexity index is 265. The molecule has 1 saturated heterocycles. The highest BCUT2D eigenvalue weighted by Gasteiger charge is 2.40. The lowest BCUT2D eigenvalue weighted by molar-refractivity contribution is -0.144. The van der Waals surface area contributed by atoms with Crippen LogP contribution in [0, 0.1) is 17.8 Å². The number of carbonyl (C=O) groups excluding carboxylic acids is 1. The summed E-state index contributed by atoms with van der Waals surface area (Å²) in [6.07, 6.45) is 5.65. The van der Waals surface area contributed by atoms with Crippen LogP contribution < -0.4 is 0 Å². The molecule has 0 aliphatic carbocycles. The number of esters is 1. The molecule has 0 bridgehead atoms. The smallest absolute Gasteiger partial charge is 0.312 e. The van der Waals surface area contributed by atoms with Crippen LogP contribution in [0.1, 0.15) is 52.4 Å². The second-order valence-electron chi connectivity index (χ2n) is 6.05. The third-order valence-electron chi connectivity index (χ3n) is 3.90. The van der Waals surface area contributed by atoms with Gasteiger partial charge in [0.05, 0.1) is 25.2 Å². The molecule has 1 rings (SSSR count). The van der Waals surface area contributed by atoms with Crippen molar-refractivity contribution in [3.63, 3.8) is 0 Å². The van der Waals surface area contributed by atoms with E-state index in [1.54, 1.807) is 0 Å². The van der Waals surface area contributed by atoms with Gasteiger partial charge in [0.1, 0.15) is 0 Å². The van der Waals surface area contributed by atoms with Crippen molar-refractivity contribution in [3.05, 3.63) is 0 Å². The maximum absolute atomic E-state index is 11.5. The largest absolute Gasteiger partial charge is 0.465 e. The Morgan fingerprint density at radius 1 is 1.21 bits per heavy atom. The van der Waals surface area contributed by atoms with E-state index in [2.05, 4.69) is 13.8 Å². The summed E-state index contributed by atoms with van der Waals surface area (Å²) < 4.78 is 4.90. The van der Waals surface area contributed by atoms with Crippen LogP contribution in [0.2, 0.25) is 0 Å². The predicted octanol–water partition coefficient (Wildman–Crippen LogP) is 2.13. The lowest BCUT2D eigenvalue weighted by atomic mass is 9.88. The van der Waals surface area contributed by atoms with Gasteiger partial charge in [-0.3, -0.25) is 4.79 Å². The summed E-state index contributed by atoms with van der Waals surface area (Å²) in [5.74, 6) is -0.361. The van der Waals surface area contributed by atoms with Gasteiger partial charge < -0.3 is 14.9 Å². The van der Waals surface area contributed by atoms with Crippen molar-refractivity contribution in [2.45, 2.75) is 58.5 Å². The lowest BCUT2D eigenvalue weighted by Gasteiger charge is -2.19. The van der Waals surface area contributed by atoms with Gasteiger partial charge >= 0.3 is 5.97 Å². The van der Waals surface area contributed by atoms with E-state index >= 15 is 0 Å². The number of aliphatic hydroxyl groups excluding tert-OH is 2. The lowest BCUT2D eigenvalue weighted by Crippen LogP contribution is -2.31. The van der Waals surface area contributed by atoms with E-state index in [9.17, 15) is 9.90 Å². The summed E-state index contributed by atoms with van der Waals surface area (Å²) in [6.45, 7) is 4.60. The molecular weight excluding hydrogens is 244 g/mol. The number of ether oxygens (including phenoxy) is 1. The summed E-state index contributed by atoms with van der Waals surface area (Å²) >= 11 is 0. The van der Waals surface area contributed by atoms with E-state index in [-0.39, 0.29) is 25.1 Å². The Morgan fingerprint density at radius 2 is 1.84 bits per heavy atom. The van der Waals surface area contributed by atoms with Crippen LogP contribution in [0.15, 0.2) is 0 Å². The maximum Gasteiger partial charge on any atom is 0.312 e. The molecule has 19 heavy (non-hydrogen) atoms. The van der Waals surface area contributed by atoms with Crippen LogP contribution in [0.3, 0.4) is 0 Å². The highest BCUT2D eigenvalue weighted by molar-refractivity contribution is 5.75. The van der Waals surface area contributed by atoms with Gasteiger partial charge in [-0.2, -0.15) is 0 Å². The summed E-state index contributed by atoms with van der Waals surface area (Å²) in [7, 11) is 0. The average Bonchev–Trinajstić information content (AvgIpc) is 2.74. The monoisotopic (exact) mass is 272 g/mol. The van der Waals surface area contributed by atoms with E-state index in [1.807, 2.05) is 0 Å². The minimum absolute atomic E-state index is 0.0954. The van der Waals surface area contributed by atoms with E-state index in [0.29, 0.717) is 6.42 Å². The van der Waals surface area contributed by atoms with Gasteiger partial charge in [0.15, 0.2) is 0 Å². The number of rotatable bonds is 9. The zero-order valence-electron chi connectivity index (χ0n) is 12.2. The molecule has 4 nitrogen and oxygen atoms in total. The second-order valence-corrected chi connectivity index (χ2v) is 6.05. The van der Waals surface area contributed by atoms with Gasteiger partial charge in [-0.1, -0.05) is 46.0 Å². The molecule has 4 heteroatoms. The third-order valence-corrected chi connectivity index (χ3v) is 3.90. The first-order valence-corrected chi connectivity index (χ1v) is 7.51. The number of unbranched alkanes of at least 4 members (excludes halogenated alkanes) is 3. The fraction of sp³-hybridized carbons (Fsp3) is 0.933. The van der Waals surface area contributed by atoms with Crippen molar-refractivity contribution < 1.29 is 19.7 Å². The number of aliphatic hydroxyl groups is 2. The molecule has 0 radical (unpaired) electrons. The first-order valence-electron chi connectivity index (χ1n) is 7.51. The summed E-state index contributed by atoms with van der Waals surface area (Å²) in [5.41, 5.74) is 0. The molecule has 3 unspecified atom stereocenters. The van der Waals surface area contributed by atoms with Crippen molar-refractivity contribution in [1.82, 2.24) is 0 Å². The Labute approximate surface area is 116 Å². The average molecular weight is 272 g/mol. The van der Waals surface area contributed by atoms with Crippen molar-refractivity contribution >= 4 is 5.97 Å². The van der Waals surface area contributed by atoms with Gasteiger partial charge in [-0.15, -0.1) is 0 Å². The number of hydrogen-bond acceptors (Lipinski definition) is 4. The van der Waals surface area contributed by atoms with Gasteiger partial charge in [0, 0.05) is 5.92 Å². The summed E-state index contributed by atoms with van der Waals surface area (Å²) in [5, 5.41) is 19.2. The Hall–Kier alpha value is -0.610. The van der Waals surface area contributed by atoms with E-state index in [0.717, 1.165) is 18.8 Å². The molecule has 0 saturated carbocycles. The SMILES string of the molecule is CC(C)CCCCCCC(O)C1C(=O)OCC1CO. The topological polar surface area (TPSA) is 66.8 Å². The zero-order chi connectivity index (χ0) is 14.3. The summed E-state index contributed by atoms with van der Waals surface area (Å²) in [6, 6.07) is 0. The van der Waals surface area contributed by atoms with Crippen LogP contribution in [-0.4, -0.2) is 35.5 Å². The van der Waals surface area contributed by atoms with Crippen LogP contribution >= 0.6 is 0 Å². The van der Waals surface area contributed by atoms with E-state index in [1.165, 1.54) is 19.3 Å². The third kappa shape index (κ3) is 5.49. The van der Waals surface area contributed by atoms with Crippen molar-refractivity contribution in [3.8, 4) is 0 Å². The van der Waals surface area contributed by atoms with Gasteiger partial charge in [0.25, 0.3) is 0 Å². The van der Waals surface area contributed by atoms with Crippen LogP contribution in [0.5, 0.6) is 0 Å². The van der Waals surface area contributed by atoms with Gasteiger partial charge in [0.2, 0.25) is 0 Å². The molecular formula is C15H28O4.